The molecule has 0 aliphatic heterocycles. The lowest BCUT2D eigenvalue weighted by atomic mass is 10.2. The number of halogens is 10. The van der Waals surface area contributed by atoms with Crippen molar-refractivity contribution in [3.05, 3.63) is 236 Å². The van der Waals surface area contributed by atoms with E-state index in [-0.39, 0.29) is 59.5 Å². The first-order valence-electron chi connectivity index (χ1n) is 33.9. The largest absolute Gasteiger partial charge is 0.391 e. The molecule has 12 rings (SSSR count). The van der Waals surface area contributed by atoms with Crippen LogP contribution in [-0.2, 0) is 40.1 Å². The number of anilines is 4. The molecule has 4 aliphatic rings. The maximum absolute atomic E-state index is 14.2. The Kier molecular flexibility index (Phi) is 29.0. The Bertz CT molecular complexity index is 4920. The van der Waals surface area contributed by atoms with E-state index in [1.165, 1.54) is 66.7 Å². The van der Waals surface area contributed by atoms with E-state index < -0.39 is 168 Å². The van der Waals surface area contributed by atoms with Crippen molar-refractivity contribution in [2.24, 2.45) is 0 Å². The van der Waals surface area contributed by atoms with E-state index in [9.17, 15) is 108 Å². The molecule has 24 nitrogen and oxygen atoms in total. The number of carbonyl (C=O) groups is 4. The number of hydrogen-bond acceptors (Lipinski definition) is 16. The van der Waals surface area contributed by atoms with Crippen LogP contribution < -0.4 is 40.2 Å². The van der Waals surface area contributed by atoms with Crippen LogP contribution in [0.15, 0.2) is 176 Å². The number of nitrogens with one attached hydrogen (secondary N) is 8. The van der Waals surface area contributed by atoms with Gasteiger partial charge in [-0.25, -0.2) is 87.7 Å². The van der Waals surface area contributed by atoms with Crippen LogP contribution in [0, 0.1) is 53.5 Å². The summed E-state index contributed by atoms with van der Waals surface area (Å²) in [5.41, 5.74) is 0.984. The van der Waals surface area contributed by atoms with Gasteiger partial charge in [-0.05, 0) is 245 Å². The van der Waals surface area contributed by atoms with Crippen molar-refractivity contribution in [3.63, 3.8) is 0 Å². The fourth-order valence-corrected chi connectivity index (χ4v) is 18.1. The average Bonchev–Trinajstić information content (AvgIpc) is 1.80. The summed E-state index contributed by atoms with van der Waals surface area (Å²) >= 11 is 8.66. The molecular formula is C73H72BrClF8N8O16S4. The standard InChI is InChI=1S/C19H21FN2O4S.C18H17BrF2N2O4S.C18H17ClF2N2O4S.C18H17F3N2O4S/c1-12-10-14(8-9-16(12)20)21-19(24)13-4-2-5-15(11-13)27(25,26)22-17-6-3-7-18(17)23;2*19-12-9-11(5-7-13(12)20)22-18(25)10-4-6-14(21)17(8-10)28(26,27)23-15-2-1-3-16(15)24;19-12-7-5-11(9-14(12)21)22-18(25)10-4-6-13(20)17(8-10)28(26,27)23-15-2-1-3-16(15)24/h2,4-5,8-11,17-18,22-23H,3,6-7H2,1H3,(H,21,24);3*4-9,15-16,23-24H,1-3H2,(H,22,25). The van der Waals surface area contributed by atoms with Gasteiger partial charge in [0.1, 0.15) is 49.6 Å². The minimum Gasteiger partial charge on any atom is -0.391 e. The zero-order valence-electron chi connectivity index (χ0n) is 58.1. The number of rotatable bonds is 20. The van der Waals surface area contributed by atoms with Gasteiger partial charge in [-0.15, -0.1) is 0 Å². The second-order valence-corrected chi connectivity index (χ2v) is 34.1. The van der Waals surface area contributed by atoms with Crippen molar-refractivity contribution >= 4 is 114 Å². The summed E-state index contributed by atoms with van der Waals surface area (Å²) in [4.78, 5) is 47.3. The first-order valence-corrected chi connectivity index (χ1v) is 41.1. The van der Waals surface area contributed by atoms with Crippen LogP contribution in [0.4, 0.5) is 57.9 Å². The SMILES string of the molecule is Cc1cc(NC(=O)c2cccc(S(=O)(=O)NC3CCCC3O)c2)ccc1F.O=C(Nc1ccc(F)c(Br)c1)c1ccc(F)c(S(=O)(=O)NC2CCCC2O)c1.O=C(Nc1ccc(F)c(Cl)c1)c1ccc(F)c(S(=O)(=O)NC2CCCC2O)c1.O=C(Nc1ccc(F)c(F)c1)c1ccc(F)c(S(=O)(=O)NC2CCCC2O)c1. The van der Waals surface area contributed by atoms with Crippen molar-refractivity contribution in [2.45, 2.75) is 152 Å². The number of carbonyl (C=O) groups excluding carboxylic acids is 4. The molecule has 594 valence electrons. The van der Waals surface area contributed by atoms with E-state index in [4.69, 9.17) is 11.6 Å². The van der Waals surface area contributed by atoms with Crippen LogP contribution in [-0.4, -0.2) is 126 Å². The van der Waals surface area contributed by atoms with Gasteiger partial charge in [-0.2, -0.15) is 0 Å². The summed E-state index contributed by atoms with van der Waals surface area (Å²) in [6.07, 6.45) is 3.26. The summed E-state index contributed by atoms with van der Waals surface area (Å²) in [6.45, 7) is 1.58. The molecule has 8 aromatic carbocycles. The molecule has 4 amide bonds. The second kappa shape index (κ2) is 37.3. The van der Waals surface area contributed by atoms with Gasteiger partial charge >= 0.3 is 0 Å². The first-order chi connectivity index (χ1) is 52.3. The smallest absolute Gasteiger partial charge is 0.255 e. The highest BCUT2D eigenvalue weighted by molar-refractivity contribution is 9.10. The Morgan fingerprint density at radius 3 is 1.01 bits per heavy atom. The van der Waals surface area contributed by atoms with Crippen molar-refractivity contribution in [1.29, 1.82) is 0 Å². The quantitative estimate of drug-likeness (QED) is 0.0315. The Balaban J connectivity index is 0.000000170. The number of aryl methyl sites for hydroxylation is 1. The van der Waals surface area contributed by atoms with E-state index in [0.717, 1.165) is 91.3 Å². The van der Waals surface area contributed by atoms with E-state index >= 15 is 0 Å². The zero-order chi connectivity index (χ0) is 81.0. The van der Waals surface area contributed by atoms with Gasteiger partial charge in [-0.3, -0.25) is 19.2 Å². The Hall–Kier alpha value is -8.67. The highest BCUT2D eigenvalue weighted by atomic mass is 79.9. The summed E-state index contributed by atoms with van der Waals surface area (Å²) < 4.78 is 218. The molecule has 0 bridgehead atoms. The minimum atomic E-state index is -4.32. The minimum absolute atomic E-state index is 0.0511. The number of aliphatic hydroxyl groups is 4. The van der Waals surface area contributed by atoms with Gasteiger partial charge in [-0.1, -0.05) is 17.7 Å². The third-order valence-electron chi connectivity index (χ3n) is 17.9. The highest BCUT2D eigenvalue weighted by Gasteiger charge is 2.36. The molecule has 0 saturated heterocycles. The van der Waals surface area contributed by atoms with Gasteiger partial charge in [0.15, 0.2) is 11.6 Å². The molecule has 38 heteroatoms. The average molecular weight is 1710 g/mol. The maximum Gasteiger partial charge on any atom is 0.255 e. The summed E-state index contributed by atoms with van der Waals surface area (Å²) in [7, 11) is -16.7. The molecule has 8 atom stereocenters. The van der Waals surface area contributed by atoms with Crippen molar-refractivity contribution in [1.82, 2.24) is 18.9 Å². The predicted molar refractivity (Wildman–Crippen MR) is 396 cm³/mol. The van der Waals surface area contributed by atoms with E-state index in [1.807, 2.05) is 0 Å². The second-order valence-electron chi connectivity index (χ2n) is 26.0. The van der Waals surface area contributed by atoms with Crippen LogP contribution >= 0.6 is 27.5 Å². The highest BCUT2D eigenvalue weighted by Crippen LogP contribution is 2.30. The van der Waals surface area contributed by atoms with Crippen LogP contribution in [0.2, 0.25) is 5.02 Å². The number of sulfonamides is 4. The molecule has 4 fully saturated rings. The third-order valence-corrected chi connectivity index (χ3v) is 24.8. The molecule has 0 aromatic heterocycles. The molecule has 0 heterocycles. The molecule has 0 radical (unpaired) electrons. The topological polar surface area (TPSA) is 382 Å². The van der Waals surface area contributed by atoms with Gasteiger partial charge in [0.2, 0.25) is 40.1 Å². The van der Waals surface area contributed by atoms with E-state index in [2.05, 4.69) is 56.1 Å². The summed E-state index contributed by atoms with van der Waals surface area (Å²) in [5.74, 6) is -9.64. The van der Waals surface area contributed by atoms with Gasteiger partial charge in [0.05, 0.1) is 38.8 Å². The van der Waals surface area contributed by atoms with Gasteiger partial charge in [0.25, 0.3) is 23.6 Å². The molecule has 8 aromatic rings. The molecule has 12 N–H and O–H groups in total. The Labute approximate surface area is 646 Å². The van der Waals surface area contributed by atoms with Crippen LogP contribution in [0.5, 0.6) is 0 Å². The molecule has 8 unspecified atom stereocenters. The van der Waals surface area contributed by atoms with E-state index in [1.54, 1.807) is 6.92 Å². The molecule has 4 aliphatic carbocycles. The molecular weight excluding hydrogens is 1640 g/mol. The third kappa shape index (κ3) is 23.0. The van der Waals surface area contributed by atoms with Crippen molar-refractivity contribution < 1.29 is 108 Å². The van der Waals surface area contributed by atoms with Crippen molar-refractivity contribution in [3.8, 4) is 0 Å². The fraction of sp³-hybridized carbons (Fsp3) is 0.288. The molecule has 4 saturated carbocycles. The fourth-order valence-electron chi connectivity index (χ4n) is 12.0. The summed E-state index contributed by atoms with van der Waals surface area (Å²) in [5, 5.41) is 48.8. The van der Waals surface area contributed by atoms with E-state index in [0.29, 0.717) is 81.9 Å². The lowest BCUT2D eigenvalue weighted by molar-refractivity contribution is 0.101. The lowest BCUT2D eigenvalue weighted by Crippen LogP contribution is -2.40. The molecule has 111 heavy (non-hydrogen) atoms. The number of hydrogen-bond donors (Lipinski definition) is 12. The Morgan fingerprint density at radius 1 is 0.351 bits per heavy atom. The van der Waals surface area contributed by atoms with Crippen molar-refractivity contribution in [2.75, 3.05) is 21.3 Å². The van der Waals surface area contributed by atoms with Gasteiger partial charge < -0.3 is 41.7 Å². The van der Waals surface area contributed by atoms with Crippen LogP contribution in [0.3, 0.4) is 0 Å². The number of benzene rings is 8. The monoisotopic (exact) mass is 1710 g/mol. The maximum atomic E-state index is 14.2. The zero-order valence-corrected chi connectivity index (χ0v) is 63.7. The van der Waals surface area contributed by atoms with Crippen LogP contribution in [0.1, 0.15) is 124 Å². The molecule has 0 spiro atoms. The summed E-state index contributed by atoms with van der Waals surface area (Å²) in [6, 6.07) is 25.8. The predicted octanol–water partition coefficient (Wildman–Crippen LogP) is 11.4. The van der Waals surface area contributed by atoms with Crippen LogP contribution in [0.25, 0.3) is 0 Å². The first kappa shape index (κ1) is 86.3. The normalized spacial score (nSPS) is 19.6. The lowest BCUT2D eigenvalue weighted by Gasteiger charge is -2.17. The number of aliphatic hydroxyl groups excluding tert-OH is 4. The van der Waals surface area contributed by atoms with Gasteiger partial charge in [0, 0.05) is 75.2 Å². The Morgan fingerprint density at radius 2 is 0.667 bits per heavy atom. The number of amides is 4.